The van der Waals surface area contributed by atoms with Gasteiger partial charge in [0.2, 0.25) is 0 Å². The molecule has 2 aromatic heterocycles. The Morgan fingerprint density at radius 2 is 2.14 bits per heavy atom. The Kier molecular flexibility index (Phi) is 6.08. The van der Waals surface area contributed by atoms with E-state index in [0.29, 0.717) is 0 Å². The van der Waals surface area contributed by atoms with E-state index in [9.17, 15) is 23.6 Å². The van der Waals surface area contributed by atoms with Crippen molar-refractivity contribution in [1.82, 2.24) is 19.5 Å². The monoisotopic (exact) mass is 513 g/mol. The minimum absolute atomic E-state index is 0.103. The molecule has 0 radical (unpaired) electrons. The number of halogens is 2. The number of phosphoric acid groups is 1. The molecule has 1 aromatic carbocycles. The second-order valence-electron chi connectivity index (χ2n) is 8.38. The average molecular weight is 513 g/mol. The maximum Gasteiger partial charge on any atom is 0.475 e. The van der Waals surface area contributed by atoms with Gasteiger partial charge in [0, 0.05) is 12.0 Å². The van der Waals surface area contributed by atoms with Crippen LogP contribution in [0.3, 0.4) is 0 Å². The molecule has 2 fully saturated rings. The highest BCUT2D eigenvalue weighted by molar-refractivity contribution is 7.48. The quantitative estimate of drug-likeness (QED) is 0.428. The first-order chi connectivity index (χ1) is 16.6. The fraction of sp³-hybridized carbons (Fsp3) is 0.450. The van der Waals surface area contributed by atoms with Crippen LogP contribution in [0.25, 0.3) is 11.2 Å². The number of anilines is 1. The maximum atomic E-state index is 14.2. The third kappa shape index (κ3) is 4.20. The molecule has 0 spiro atoms. The number of benzene rings is 1. The van der Waals surface area contributed by atoms with Crippen LogP contribution in [0, 0.1) is 11.6 Å². The van der Waals surface area contributed by atoms with Crippen molar-refractivity contribution in [3.8, 4) is 0 Å². The summed E-state index contributed by atoms with van der Waals surface area (Å²) in [5.74, 6) is -2.06. The lowest BCUT2D eigenvalue weighted by atomic mass is 9.96. The minimum atomic E-state index is -4.23. The minimum Gasteiger partial charge on any atom is -0.387 e. The number of aromatic nitrogens is 4. The number of ether oxygens (including phenoxy) is 1. The molecule has 2 aliphatic heterocycles. The highest BCUT2D eigenvalue weighted by Gasteiger charge is 2.54. The highest BCUT2D eigenvalue weighted by Crippen LogP contribution is 2.57. The van der Waals surface area contributed by atoms with Gasteiger partial charge >= 0.3 is 7.82 Å². The molecule has 12 nitrogen and oxygen atoms in total. The number of nitrogens with zero attached hydrogens (tertiary/aromatic N) is 4. The van der Waals surface area contributed by atoms with Gasteiger partial charge in [0.25, 0.3) is 0 Å². The maximum absolute atomic E-state index is 14.2. The Labute approximate surface area is 197 Å². The van der Waals surface area contributed by atoms with E-state index in [1.165, 1.54) is 36.3 Å². The Morgan fingerprint density at radius 3 is 2.94 bits per heavy atom. The summed E-state index contributed by atoms with van der Waals surface area (Å²) in [4.78, 5) is 12.1. The topological polar surface area (TPSA) is 164 Å². The summed E-state index contributed by atoms with van der Waals surface area (Å²) in [6.45, 7) is 0.735. The summed E-state index contributed by atoms with van der Waals surface area (Å²) in [6, 6.07) is 3.58. The summed E-state index contributed by atoms with van der Waals surface area (Å²) in [7, 11) is -4.23. The number of aliphatic hydroxyl groups excluding tert-OH is 1. The van der Waals surface area contributed by atoms with E-state index < -0.39 is 56.2 Å². The number of nitrogens with two attached hydrogens (primary N) is 1. The molecule has 0 aliphatic carbocycles. The summed E-state index contributed by atoms with van der Waals surface area (Å²) in [5, 5.41) is 21.7. The summed E-state index contributed by atoms with van der Waals surface area (Å²) < 4.78 is 63.9. The van der Waals surface area contributed by atoms with E-state index in [2.05, 4.69) is 15.0 Å². The fourth-order valence-electron chi connectivity index (χ4n) is 4.14. The van der Waals surface area contributed by atoms with E-state index in [1.807, 2.05) is 0 Å². The largest absolute Gasteiger partial charge is 0.475 e. The predicted octanol–water partition coefficient (Wildman–Crippen LogP) is 2.00. The van der Waals surface area contributed by atoms with Crippen LogP contribution in [0.2, 0.25) is 0 Å². The van der Waals surface area contributed by atoms with Crippen LogP contribution < -0.4 is 5.73 Å². The number of phosphoric ester groups is 1. The lowest BCUT2D eigenvalue weighted by Crippen LogP contribution is -2.44. The smallest absolute Gasteiger partial charge is 0.387 e. The number of fused-ring (bicyclic) bond motifs is 1. The van der Waals surface area contributed by atoms with Crippen LogP contribution in [-0.2, 0) is 22.9 Å². The molecule has 188 valence electrons. The summed E-state index contributed by atoms with van der Waals surface area (Å²) in [5.41, 5.74) is 4.40. The molecule has 2 saturated heterocycles. The van der Waals surface area contributed by atoms with Gasteiger partial charge in [0.05, 0.1) is 25.6 Å². The van der Waals surface area contributed by atoms with Crippen molar-refractivity contribution >= 4 is 24.8 Å². The molecule has 35 heavy (non-hydrogen) atoms. The van der Waals surface area contributed by atoms with E-state index >= 15 is 0 Å². The van der Waals surface area contributed by atoms with Crippen molar-refractivity contribution in [2.75, 3.05) is 18.9 Å². The van der Waals surface area contributed by atoms with Gasteiger partial charge in [0.1, 0.15) is 29.7 Å². The molecule has 3 aromatic rings. The molecule has 4 heterocycles. The summed E-state index contributed by atoms with van der Waals surface area (Å²) in [6.07, 6.45) is -2.22. The number of imidazole rings is 1. The molecule has 4 N–H and O–H groups in total. The van der Waals surface area contributed by atoms with Crippen LogP contribution in [0.5, 0.6) is 0 Å². The van der Waals surface area contributed by atoms with E-state index in [1.54, 1.807) is 0 Å². The zero-order valence-electron chi connectivity index (χ0n) is 18.3. The van der Waals surface area contributed by atoms with Gasteiger partial charge in [-0.25, -0.2) is 28.3 Å². The van der Waals surface area contributed by atoms with Gasteiger partial charge in [-0.3, -0.25) is 18.1 Å². The van der Waals surface area contributed by atoms with E-state index in [4.69, 9.17) is 24.0 Å². The standard InChI is InChI=1S/C20H22F2N5O7P/c1-20(29)16(28)13(33-19(20)27-9-26-15-17(23)24-8-25-18(15)27)7-32-35(30)31-6-5-12(34-35)10-3-2-4-11(21)14(10)22/h2-4,8-9,12-13,16,19,28-29H,5-7H2,1H3,(H2,23,24,25)/t12-,13-,16-,19-,20-,35+/m1/s1. The van der Waals surface area contributed by atoms with Crippen LogP contribution in [0.1, 0.15) is 31.2 Å². The highest BCUT2D eigenvalue weighted by atomic mass is 31.2. The molecular formula is C20H22F2N5O7P. The zero-order chi connectivity index (χ0) is 25.0. The second-order valence-corrected chi connectivity index (χ2v) is 10.0. The Bertz CT molecular complexity index is 1310. The van der Waals surface area contributed by atoms with Gasteiger partial charge in [-0.2, -0.15) is 0 Å². The van der Waals surface area contributed by atoms with Gasteiger partial charge in [-0.05, 0) is 13.0 Å². The lowest BCUT2D eigenvalue weighted by Gasteiger charge is -2.30. The normalized spacial score (nSPS) is 33.4. The van der Waals surface area contributed by atoms with Crippen molar-refractivity contribution in [3.05, 3.63) is 48.1 Å². The van der Waals surface area contributed by atoms with Crippen molar-refractivity contribution in [2.24, 2.45) is 0 Å². The number of hydrogen-bond acceptors (Lipinski definition) is 11. The molecule has 5 rings (SSSR count). The zero-order valence-corrected chi connectivity index (χ0v) is 19.2. The first-order valence-electron chi connectivity index (χ1n) is 10.6. The molecule has 2 aliphatic rings. The van der Waals surface area contributed by atoms with E-state index in [0.717, 1.165) is 6.07 Å². The number of aliphatic hydroxyl groups is 2. The third-order valence-corrected chi connectivity index (χ3v) is 7.48. The first kappa shape index (κ1) is 24.1. The fourth-order valence-corrected chi connectivity index (χ4v) is 5.53. The van der Waals surface area contributed by atoms with E-state index in [-0.39, 0.29) is 35.6 Å². The molecule has 0 unspecified atom stereocenters. The first-order valence-corrected chi connectivity index (χ1v) is 12.1. The SMILES string of the molecule is C[C@@]1(O)[C@H](O)[C@@H](CO[P@]2(=O)OCC[C@H](c3cccc(F)c3F)O2)O[C@H]1n1cnc2c(N)ncnc21. The van der Waals surface area contributed by atoms with Crippen LogP contribution in [-0.4, -0.2) is 60.8 Å². The Balaban J connectivity index is 1.32. The Morgan fingerprint density at radius 1 is 1.34 bits per heavy atom. The van der Waals surface area contributed by atoms with Crippen molar-refractivity contribution < 1.29 is 41.9 Å². The molecule has 6 atom stereocenters. The lowest BCUT2D eigenvalue weighted by molar-refractivity contribution is -0.0953. The second kappa shape index (κ2) is 8.82. The molecule has 0 saturated carbocycles. The van der Waals surface area contributed by atoms with Gasteiger partial charge < -0.3 is 20.7 Å². The molecule has 0 amide bonds. The van der Waals surface area contributed by atoms with Gasteiger partial charge in [-0.15, -0.1) is 0 Å². The van der Waals surface area contributed by atoms with Gasteiger partial charge in [0.15, 0.2) is 29.3 Å². The van der Waals surface area contributed by atoms with Crippen molar-refractivity contribution in [1.29, 1.82) is 0 Å². The Hall–Kier alpha value is -2.58. The number of hydrogen-bond donors (Lipinski definition) is 3. The third-order valence-electron chi connectivity index (χ3n) is 6.01. The van der Waals surface area contributed by atoms with Crippen LogP contribution >= 0.6 is 7.82 Å². The number of rotatable bonds is 5. The molecular weight excluding hydrogens is 491 g/mol. The van der Waals surface area contributed by atoms with Crippen molar-refractivity contribution in [3.63, 3.8) is 0 Å². The van der Waals surface area contributed by atoms with Gasteiger partial charge in [-0.1, -0.05) is 12.1 Å². The molecule has 0 bridgehead atoms. The van der Waals surface area contributed by atoms with Crippen LogP contribution in [0.15, 0.2) is 30.9 Å². The summed E-state index contributed by atoms with van der Waals surface area (Å²) >= 11 is 0. The average Bonchev–Trinajstić information content (AvgIpc) is 3.34. The molecule has 15 heteroatoms. The number of nitrogen functional groups attached to an aromatic ring is 1. The predicted molar refractivity (Wildman–Crippen MR) is 115 cm³/mol. The van der Waals surface area contributed by atoms with Crippen LogP contribution in [0.4, 0.5) is 14.6 Å². The van der Waals surface area contributed by atoms with Crippen molar-refractivity contribution in [2.45, 2.75) is 43.5 Å².